The maximum Gasteiger partial charge on any atom is 0.374 e. The Kier molecular flexibility index (Phi) is 4.11. The van der Waals surface area contributed by atoms with Crippen LogP contribution in [0.5, 0.6) is 0 Å². The molecule has 0 atom stereocenters. The highest BCUT2D eigenvalue weighted by Crippen LogP contribution is 2.41. The van der Waals surface area contributed by atoms with E-state index in [1.807, 2.05) is 6.92 Å². The number of Topliss-reactive ketones (excluding diaryl/α,β-unsaturated/α-hetero) is 1. The number of hydrogen-bond donors (Lipinski definition) is 0. The molecule has 0 aromatic rings. The number of carbonyl (C=O) groups excluding carboxylic acids is 2. The van der Waals surface area contributed by atoms with E-state index in [1.54, 1.807) is 0 Å². The molecule has 0 aromatic carbocycles. The maximum absolute atomic E-state index is 11.9. The van der Waals surface area contributed by atoms with E-state index in [4.69, 9.17) is 0 Å². The Balaban J connectivity index is 2.63. The second kappa shape index (κ2) is 4.98. The summed E-state index contributed by atoms with van der Waals surface area (Å²) in [7, 11) is 1.27. The van der Waals surface area contributed by atoms with Crippen molar-refractivity contribution in [3.05, 3.63) is 0 Å². The van der Waals surface area contributed by atoms with E-state index in [2.05, 4.69) is 18.6 Å². The molecule has 0 aliphatic heterocycles. The van der Waals surface area contributed by atoms with Crippen LogP contribution in [0.4, 0.5) is 0 Å². The van der Waals surface area contributed by atoms with Gasteiger partial charge in [0.05, 0.1) is 7.11 Å². The standard InChI is InChI=1S/C13H22O3/c1-9(2)10-5-7-13(3,8-6-10)11(14)12(15)16-4/h9-10H,5-8H2,1-4H3. The van der Waals surface area contributed by atoms with Crippen LogP contribution in [-0.4, -0.2) is 18.9 Å². The molecule has 3 heteroatoms. The Morgan fingerprint density at radius 1 is 1.25 bits per heavy atom. The Morgan fingerprint density at radius 3 is 2.12 bits per heavy atom. The van der Waals surface area contributed by atoms with Crippen LogP contribution in [0.25, 0.3) is 0 Å². The summed E-state index contributed by atoms with van der Waals surface area (Å²) < 4.78 is 4.52. The van der Waals surface area contributed by atoms with Crippen molar-refractivity contribution < 1.29 is 14.3 Å². The highest BCUT2D eigenvalue weighted by molar-refractivity contribution is 6.35. The molecule has 0 unspecified atom stereocenters. The minimum Gasteiger partial charge on any atom is -0.463 e. The molecule has 1 rings (SSSR count). The molecular formula is C13H22O3. The molecule has 0 amide bonds. The summed E-state index contributed by atoms with van der Waals surface area (Å²) in [4.78, 5) is 23.1. The number of hydrogen-bond acceptors (Lipinski definition) is 3. The first-order chi connectivity index (χ1) is 7.40. The van der Waals surface area contributed by atoms with Crippen LogP contribution in [0, 0.1) is 17.3 Å². The van der Waals surface area contributed by atoms with Crippen LogP contribution in [-0.2, 0) is 14.3 Å². The van der Waals surface area contributed by atoms with Crippen molar-refractivity contribution in [2.45, 2.75) is 46.5 Å². The molecule has 92 valence electrons. The Bertz CT molecular complexity index is 273. The van der Waals surface area contributed by atoms with Gasteiger partial charge in [0, 0.05) is 5.41 Å². The fourth-order valence-corrected chi connectivity index (χ4v) is 2.51. The maximum atomic E-state index is 11.9. The minimum absolute atomic E-state index is 0.350. The van der Waals surface area contributed by atoms with Gasteiger partial charge in [-0.3, -0.25) is 4.79 Å². The molecule has 0 aromatic heterocycles. The van der Waals surface area contributed by atoms with E-state index in [9.17, 15) is 9.59 Å². The minimum atomic E-state index is -0.689. The fourth-order valence-electron chi connectivity index (χ4n) is 2.51. The first kappa shape index (κ1) is 13.2. The molecule has 16 heavy (non-hydrogen) atoms. The van der Waals surface area contributed by atoms with Crippen molar-refractivity contribution in [1.29, 1.82) is 0 Å². The third-order valence-corrected chi connectivity index (χ3v) is 4.00. The molecular weight excluding hydrogens is 204 g/mol. The van der Waals surface area contributed by atoms with Gasteiger partial charge in [0.1, 0.15) is 0 Å². The molecule has 1 aliphatic rings. The average Bonchev–Trinajstić information content (AvgIpc) is 2.27. The van der Waals surface area contributed by atoms with Crippen LogP contribution in [0.15, 0.2) is 0 Å². The van der Waals surface area contributed by atoms with E-state index in [0.717, 1.165) is 25.7 Å². The van der Waals surface area contributed by atoms with Gasteiger partial charge in [-0.1, -0.05) is 20.8 Å². The largest absolute Gasteiger partial charge is 0.463 e. The second-order valence-corrected chi connectivity index (χ2v) is 5.46. The Morgan fingerprint density at radius 2 is 1.75 bits per heavy atom. The van der Waals surface area contributed by atoms with Crippen molar-refractivity contribution in [2.24, 2.45) is 17.3 Å². The molecule has 1 fully saturated rings. The van der Waals surface area contributed by atoms with Gasteiger partial charge in [-0.25, -0.2) is 4.79 Å². The third kappa shape index (κ3) is 2.63. The lowest BCUT2D eigenvalue weighted by molar-refractivity contribution is -0.157. The summed E-state index contributed by atoms with van der Waals surface area (Å²) in [6, 6.07) is 0. The summed E-state index contributed by atoms with van der Waals surface area (Å²) in [6.45, 7) is 6.33. The molecule has 1 aliphatic carbocycles. The van der Waals surface area contributed by atoms with Gasteiger partial charge in [0.15, 0.2) is 0 Å². The van der Waals surface area contributed by atoms with Gasteiger partial charge in [-0.05, 0) is 37.5 Å². The van der Waals surface area contributed by atoms with Crippen molar-refractivity contribution in [3.63, 3.8) is 0 Å². The van der Waals surface area contributed by atoms with Gasteiger partial charge in [-0.15, -0.1) is 0 Å². The molecule has 0 N–H and O–H groups in total. The van der Waals surface area contributed by atoms with Crippen LogP contribution >= 0.6 is 0 Å². The van der Waals surface area contributed by atoms with E-state index in [1.165, 1.54) is 7.11 Å². The molecule has 0 bridgehead atoms. The van der Waals surface area contributed by atoms with Gasteiger partial charge in [-0.2, -0.15) is 0 Å². The number of ketones is 1. The van der Waals surface area contributed by atoms with E-state index < -0.39 is 11.4 Å². The normalized spacial score (nSPS) is 30.2. The lowest BCUT2D eigenvalue weighted by Gasteiger charge is -2.36. The van der Waals surface area contributed by atoms with Gasteiger partial charge < -0.3 is 4.74 Å². The highest BCUT2D eigenvalue weighted by Gasteiger charge is 2.41. The van der Waals surface area contributed by atoms with Crippen LogP contribution in [0.3, 0.4) is 0 Å². The van der Waals surface area contributed by atoms with Crippen LogP contribution in [0.2, 0.25) is 0 Å². The predicted octanol–water partition coefficient (Wildman–Crippen LogP) is 2.58. The van der Waals surface area contributed by atoms with E-state index in [-0.39, 0.29) is 5.78 Å². The first-order valence-corrected chi connectivity index (χ1v) is 6.03. The quantitative estimate of drug-likeness (QED) is 0.548. The van der Waals surface area contributed by atoms with Crippen molar-refractivity contribution in [3.8, 4) is 0 Å². The lowest BCUT2D eigenvalue weighted by atomic mass is 9.67. The monoisotopic (exact) mass is 226 g/mol. The first-order valence-electron chi connectivity index (χ1n) is 6.03. The summed E-state index contributed by atoms with van der Waals surface area (Å²) >= 11 is 0. The summed E-state index contributed by atoms with van der Waals surface area (Å²) in [5.74, 6) is 0.319. The Hall–Kier alpha value is -0.860. The number of methoxy groups -OCH3 is 1. The fraction of sp³-hybridized carbons (Fsp3) is 0.846. The molecule has 0 spiro atoms. The number of ether oxygens (including phenoxy) is 1. The Labute approximate surface area is 97.5 Å². The molecule has 0 radical (unpaired) electrons. The zero-order chi connectivity index (χ0) is 12.3. The van der Waals surface area contributed by atoms with Crippen molar-refractivity contribution >= 4 is 11.8 Å². The molecule has 3 nitrogen and oxygen atoms in total. The number of carbonyl (C=O) groups is 2. The van der Waals surface area contributed by atoms with Crippen LogP contribution < -0.4 is 0 Å². The lowest BCUT2D eigenvalue weighted by Crippen LogP contribution is -2.38. The smallest absolute Gasteiger partial charge is 0.374 e. The predicted molar refractivity (Wildman–Crippen MR) is 61.9 cm³/mol. The zero-order valence-corrected chi connectivity index (χ0v) is 10.7. The number of rotatable bonds is 3. The summed E-state index contributed by atoms with van der Waals surface area (Å²) in [6.07, 6.45) is 3.70. The van der Waals surface area contributed by atoms with Gasteiger partial charge in [0.2, 0.25) is 5.78 Å². The SMILES string of the molecule is COC(=O)C(=O)C1(C)CCC(C(C)C)CC1. The van der Waals surface area contributed by atoms with Crippen LogP contribution in [0.1, 0.15) is 46.5 Å². The van der Waals surface area contributed by atoms with Gasteiger partial charge in [0.25, 0.3) is 0 Å². The number of esters is 1. The third-order valence-electron chi connectivity index (χ3n) is 4.00. The zero-order valence-electron chi connectivity index (χ0n) is 10.7. The highest BCUT2D eigenvalue weighted by atomic mass is 16.5. The van der Waals surface area contributed by atoms with Crippen molar-refractivity contribution in [1.82, 2.24) is 0 Å². The van der Waals surface area contributed by atoms with Gasteiger partial charge >= 0.3 is 5.97 Å². The molecule has 0 heterocycles. The van der Waals surface area contributed by atoms with E-state index in [0.29, 0.717) is 11.8 Å². The topological polar surface area (TPSA) is 43.4 Å². The summed E-state index contributed by atoms with van der Waals surface area (Å²) in [5, 5.41) is 0. The molecule has 0 saturated heterocycles. The summed E-state index contributed by atoms with van der Waals surface area (Å²) in [5.41, 5.74) is -0.488. The van der Waals surface area contributed by atoms with E-state index >= 15 is 0 Å². The second-order valence-electron chi connectivity index (χ2n) is 5.46. The van der Waals surface area contributed by atoms with Crippen molar-refractivity contribution in [2.75, 3.05) is 7.11 Å². The molecule has 1 saturated carbocycles. The average molecular weight is 226 g/mol.